The molecule has 0 aromatic carbocycles. The lowest BCUT2D eigenvalue weighted by Gasteiger charge is -2.16. The second kappa shape index (κ2) is 5.78. The number of rotatable bonds is 4. The Balaban J connectivity index is 1.85. The van der Waals surface area contributed by atoms with Gasteiger partial charge in [-0.1, -0.05) is 0 Å². The Kier molecular flexibility index (Phi) is 4.08. The standard InChI is InChI=1S/C11H16N5O6P/c12-9-6-10(14-3-13-9)16(4-15-6)11-8(18)7(17)5(22-11)1-2-23(19,20)21/h3-5,7-8,11,17-18H,1-2H2,(H2,12,13,14)(H2,19,20,21)/t5-,7-,8-,11-/m1/s1. The van der Waals surface area contributed by atoms with Crippen molar-refractivity contribution < 1.29 is 29.3 Å². The fraction of sp³-hybridized carbons (Fsp3) is 0.545. The second-order valence-electron chi connectivity index (χ2n) is 5.31. The highest BCUT2D eigenvalue weighted by Gasteiger charge is 2.44. The molecular formula is C11H16N5O6P. The van der Waals surface area contributed by atoms with E-state index in [1.165, 1.54) is 17.2 Å². The average Bonchev–Trinajstić information content (AvgIpc) is 3.01. The van der Waals surface area contributed by atoms with E-state index in [0.29, 0.717) is 11.2 Å². The molecule has 1 aliphatic heterocycles. The minimum Gasteiger partial charge on any atom is -0.388 e. The first kappa shape index (κ1) is 16.2. The van der Waals surface area contributed by atoms with Crippen LogP contribution in [0, 0.1) is 0 Å². The average molecular weight is 345 g/mol. The molecule has 0 aliphatic carbocycles. The van der Waals surface area contributed by atoms with Crippen molar-refractivity contribution in [3.05, 3.63) is 12.7 Å². The summed E-state index contributed by atoms with van der Waals surface area (Å²) in [6, 6.07) is 0. The molecule has 2 aromatic rings. The zero-order valence-corrected chi connectivity index (χ0v) is 12.7. The first-order chi connectivity index (χ1) is 10.8. The molecule has 2 aromatic heterocycles. The van der Waals surface area contributed by atoms with Gasteiger partial charge in [-0.3, -0.25) is 9.13 Å². The number of imidazole rings is 1. The van der Waals surface area contributed by atoms with E-state index in [9.17, 15) is 14.8 Å². The lowest BCUT2D eigenvalue weighted by Crippen LogP contribution is -2.31. The molecular weight excluding hydrogens is 329 g/mol. The van der Waals surface area contributed by atoms with Gasteiger partial charge in [-0.05, 0) is 6.42 Å². The van der Waals surface area contributed by atoms with Crippen molar-refractivity contribution in [2.75, 3.05) is 11.9 Å². The van der Waals surface area contributed by atoms with Crippen molar-refractivity contribution in [1.82, 2.24) is 19.5 Å². The van der Waals surface area contributed by atoms with Gasteiger partial charge in [0, 0.05) is 0 Å². The Bertz CT molecular complexity index is 762. The van der Waals surface area contributed by atoms with Crippen molar-refractivity contribution >= 4 is 24.6 Å². The molecule has 0 spiro atoms. The molecule has 3 rings (SSSR count). The first-order valence-corrected chi connectivity index (χ1v) is 8.57. The van der Waals surface area contributed by atoms with Gasteiger partial charge in [0.15, 0.2) is 17.7 Å². The predicted octanol–water partition coefficient (Wildman–Crippen LogP) is -1.40. The third kappa shape index (κ3) is 3.07. The molecule has 12 heteroatoms. The molecule has 0 amide bonds. The molecule has 0 radical (unpaired) electrons. The fourth-order valence-electron chi connectivity index (χ4n) is 2.55. The van der Waals surface area contributed by atoms with Gasteiger partial charge in [0.2, 0.25) is 0 Å². The van der Waals surface area contributed by atoms with Crippen LogP contribution in [0.4, 0.5) is 5.82 Å². The molecule has 6 N–H and O–H groups in total. The van der Waals surface area contributed by atoms with Gasteiger partial charge in [0.25, 0.3) is 0 Å². The number of anilines is 1. The largest absolute Gasteiger partial charge is 0.388 e. The second-order valence-corrected chi connectivity index (χ2v) is 7.08. The maximum Gasteiger partial charge on any atom is 0.325 e. The molecule has 1 saturated heterocycles. The molecule has 4 atom stereocenters. The van der Waals surface area contributed by atoms with E-state index in [1.807, 2.05) is 0 Å². The Morgan fingerprint density at radius 3 is 2.70 bits per heavy atom. The van der Waals surface area contributed by atoms with Crippen LogP contribution in [-0.4, -0.2) is 64.0 Å². The van der Waals surface area contributed by atoms with Crippen LogP contribution in [0.25, 0.3) is 11.2 Å². The van der Waals surface area contributed by atoms with Gasteiger partial charge in [-0.2, -0.15) is 0 Å². The summed E-state index contributed by atoms with van der Waals surface area (Å²) >= 11 is 0. The maximum absolute atomic E-state index is 10.9. The van der Waals surface area contributed by atoms with E-state index in [-0.39, 0.29) is 12.2 Å². The normalized spacial score (nSPS) is 28.5. The van der Waals surface area contributed by atoms with Crippen LogP contribution in [-0.2, 0) is 9.30 Å². The third-order valence-corrected chi connectivity index (χ3v) is 4.54. The minimum atomic E-state index is -4.22. The number of hydrogen-bond acceptors (Lipinski definition) is 8. The number of nitrogens with zero attached hydrogens (tertiary/aromatic N) is 4. The third-order valence-electron chi connectivity index (χ3n) is 3.70. The number of aliphatic hydroxyl groups is 2. The zero-order chi connectivity index (χ0) is 16.8. The van der Waals surface area contributed by atoms with E-state index in [2.05, 4.69) is 15.0 Å². The van der Waals surface area contributed by atoms with E-state index in [1.54, 1.807) is 0 Å². The number of hydrogen-bond donors (Lipinski definition) is 5. The monoisotopic (exact) mass is 345 g/mol. The Morgan fingerprint density at radius 1 is 1.26 bits per heavy atom. The van der Waals surface area contributed by atoms with Crippen molar-refractivity contribution in [3.63, 3.8) is 0 Å². The number of aliphatic hydroxyl groups excluding tert-OH is 2. The summed E-state index contributed by atoms with van der Waals surface area (Å²) in [7, 11) is -4.22. The molecule has 1 aliphatic rings. The van der Waals surface area contributed by atoms with Crippen LogP contribution < -0.4 is 5.73 Å². The Hall–Kier alpha value is -1.62. The van der Waals surface area contributed by atoms with Gasteiger partial charge >= 0.3 is 7.60 Å². The number of nitrogen functional groups attached to an aromatic ring is 1. The molecule has 0 bridgehead atoms. The van der Waals surface area contributed by atoms with Crippen molar-refractivity contribution in [3.8, 4) is 0 Å². The number of fused-ring (bicyclic) bond motifs is 1. The highest BCUT2D eigenvalue weighted by atomic mass is 31.2. The van der Waals surface area contributed by atoms with Crippen molar-refractivity contribution in [1.29, 1.82) is 0 Å². The van der Waals surface area contributed by atoms with Crippen LogP contribution in [0.15, 0.2) is 12.7 Å². The molecule has 3 heterocycles. The number of nitrogens with two attached hydrogens (primary N) is 1. The first-order valence-electron chi connectivity index (χ1n) is 6.77. The van der Waals surface area contributed by atoms with E-state index >= 15 is 0 Å². The molecule has 23 heavy (non-hydrogen) atoms. The van der Waals surface area contributed by atoms with Gasteiger partial charge in [-0.15, -0.1) is 0 Å². The summed E-state index contributed by atoms with van der Waals surface area (Å²) < 4.78 is 17.9. The number of ether oxygens (including phenoxy) is 1. The molecule has 11 nitrogen and oxygen atoms in total. The molecule has 0 saturated carbocycles. The molecule has 1 fully saturated rings. The van der Waals surface area contributed by atoms with Gasteiger partial charge in [0.05, 0.1) is 18.6 Å². The van der Waals surface area contributed by atoms with Gasteiger partial charge in [-0.25, -0.2) is 15.0 Å². The smallest absolute Gasteiger partial charge is 0.325 e. The van der Waals surface area contributed by atoms with Crippen molar-refractivity contribution in [2.45, 2.75) is 31.0 Å². The molecule has 126 valence electrons. The van der Waals surface area contributed by atoms with Crippen LogP contribution in [0.5, 0.6) is 0 Å². The lowest BCUT2D eigenvalue weighted by molar-refractivity contribution is -0.0355. The topological polar surface area (TPSA) is 177 Å². The van der Waals surface area contributed by atoms with E-state index in [0.717, 1.165) is 0 Å². The van der Waals surface area contributed by atoms with Crippen molar-refractivity contribution in [2.24, 2.45) is 0 Å². The fourth-order valence-corrected chi connectivity index (χ4v) is 3.14. The summed E-state index contributed by atoms with van der Waals surface area (Å²) in [4.78, 5) is 29.7. The summed E-state index contributed by atoms with van der Waals surface area (Å²) in [6.07, 6.45) is -2.46. The van der Waals surface area contributed by atoms with Crippen LogP contribution in [0.1, 0.15) is 12.6 Å². The highest BCUT2D eigenvalue weighted by molar-refractivity contribution is 7.51. The maximum atomic E-state index is 10.9. The SMILES string of the molecule is Nc1ncnc2c1ncn2[C@@H]1O[C@H](CCP(=O)(O)O)[C@@H](O)[C@H]1O. The quantitative estimate of drug-likeness (QED) is 0.414. The van der Waals surface area contributed by atoms with Crippen LogP contribution in [0.2, 0.25) is 0 Å². The van der Waals surface area contributed by atoms with Gasteiger partial charge < -0.3 is 30.5 Å². The van der Waals surface area contributed by atoms with Gasteiger partial charge in [0.1, 0.15) is 24.1 Å². The lowest BCUT2D eigenvalue weighted by atomic mass is 10.1. The summed E-state index contributed by atoms with van der Waals surface area (Å²) in [5.41, 5.74) is 6.34. The summed E-state index contributed by atoms with van der Waals surface area (Å²) in [5.74, 6) is 0.167. The van der Waals surface area contributed by atoms with E-state index < -0.39 is 38.3 Å². The minimum absolute atomic E-state index is 0.0945. The highest BCUT2D eigenvalue weighted by Crippen LogP contribution is 2.39. The zero-order valence-electron chi connectivity index (χ0n) is 11.8. The summed E-state index contributed by atoms with van der Waals surface area (Å²) in [5, 5.41) is 20.2. The predicted molar refractivity (Wildman–Crippen MR) is 77.2 cm³/mol. The van der Waals surface area contributed by atoms with Crippen LogP contribution in [0.3, 0.4) is 0 Å². The molecule has 0 unspecified atom stereocenters. The van der Waals surface area contributed by atoms with Crippen LogP contribution >= 0.6 is 7.60 Å². The van der Waals surface area contributed by atoms with E-state index in [4.69, 9.17) is 20.3 Å². The Morgan fingerprint density at radius 2 is 2.00 bits per heavy atom. The Labute approximate surface area is 129 Å². The summed E-state index contributed by atoms with van der Waals surface area (Å²) in [6.45, 7) is 0. The number of aromatic nitrogens is 4.